The summed E-state index contributed by atoms with van der Waals surface area (Å²) in [4.78, 5) is 31.3. The number of carbonyl (C=O) groups excluding carboxylic acids is 1. The second kappa shape index (κ2) is 10.7. The molecule has 1 fully saturated rings. The normalized spacial score (nSPS) is 15.6. The molecule has 0 bridgehead atoms. The number of carbonyl (C=O) groups is 1. The molecule has 1 aliphatic rings. The van der Waals surface area contributed by atoms with Crippen molar-refractivity contribution in [3.8, 4) is 11.3 Å². The Labute approximate surface area is 218 Å². The summed E-state index contributed by atoms with van der Waals surface area (Å²) in [5.74, 6) is 0.850. The average molecular weight is 510 g/mol. The van der Waals surface area contributed by atoms with E-state index in [4.69, 9.17) is 9.41 Å². The van der Waals surface area contributed by atoms with E-state index in [0.717, 1.165) is 11.3 Å². The zero-order chi connectivity index (χ0) is 25.8. The van der Waals surface area contributed by atoms with Gasteiger partial charge < -0.3 is 4.42 Å². The van der Waals surface area contributed by atoms with E-state index in [1.165, 1.54) is 17.8 Å². The molecule has 0 atom stereocenters. The molecule has 1 amide bonds. The predicted molar refractivity (Wildman–Crippen MR) is 146 cm³/mol. The van der Waals surface area contributed by atoms with E-state index in [1.54, 1.807) is 42.2 Å². The minimum absolute atomic E-state index is 0.0335. The van der Waals surface area contributed by atoms with Crippen molar-refractivity contribution in [1.29, 1.82) is 0 Å². The van der Waals surface area contributed by atoms with Crippen molar-refractivity contribution in [2.24, 2.45) is 4.99 Å². The van der Waals surface area contributed by atoms with Crippen LogP contribution in [0.5, 0.6) is 0 Å². The van der Waals surface area contributed by atoms with Crippen LogP contribution in [0.15, 0.2) is 105 Å². The van der Waals surface area contributed by atoms with Crippen molar-refractivity contribution in [2.45, 2.75) is 13.3 Å². The summed E-state index contributed by atoms with van der Waals surface area (Å²) in [5.41, 5.74) is 3.10. The van der Waals surface area contributed by atoms with Gasteiger partial charge >= 0.3 is 0 Å². The number of para-hydroxylation sites is 1. The summed E-state index contributed by atoms with van der Waals surface area (Å²) in [7, 11) is 0. The number of thioether (sulfide) groups is 1. The molecule has 184 valence electrons. The number of amides is 1. The first kappa shape index (κ1) is 24.3. The number of nitro groups is 1. The van der Waals surface area contributed by atoms with Crippen LogP contribution in [0.1, 0.15) is 16.9 Å². The average Bonchev–Trinajstić information content (AvgIpc) is 3.48. The zero-order valence-electron chi connectivity index (χ0n) is 20.0. The lowest BCUT2D eigenvalue weighted by Crippen LogP contribution is -2.31. The molecular formula is C29H23N3O4S. The van der Waals surface area contributed by atoms with Crippen LogP contribution in [0.4, 0.5) is 11.4 Å². The Kier molecular flexibility index (Phi) is 7.00. The van der Waals surface area contributed by atoms with Crippen LogP contribution >= 0.6 is 11.8 Å². The number of hydrogen-bond acceptors (Lipinski definition) is 6. The van der Waals surface area contributed by atoms with Crippen LogP contribution in [0.3, 0.4) is 0 Å². The molecule has 0 N–H and O–H groups in total. The van der Waals surface area contributed by atoms with Crippen molar-refractivity contribution < 1.29 is 14.1 Å². The maximum atomic E-state index is 13.4. The number of furan rings is 1. The van der Waals surface area contributed by atoms with E-state index >= 15 is 0 Å². The number of nitro benzene ring substituents is 1. The van der Waals surface area contributed by atoms with Crippen molar-refractivity contribution in [1.82, 2.24) is 4.90 Å². The highest BCUT2D eigenvalue weighted by Gasteiger charge is 2.33. The fraction of sp³-hybridized carbons (Fsp3) is 0.103. The molecule has 4 aromatic rings. The second-order valence-electron chi connectivity index (χ2n) is 8.44. The Morgan fingerprint density at radius 1 is 0.973 bits per heavy atom. The number of rotatable bonds is 7. The molecule has 8 heteroatoms. The largest absolute Gasteiger partial charge is 0.457 e. The number of nitrogens with zero attached hydrogens (tertiary/aromatic N) is 3. The van der Waals surface area contributed by atoms with Gasteiger partial charge in [0.15, 0.2) is 5.17 Å². The Hall–Kier alpha value is -4.43. The lowest BCUT2D eigenvalue weighted by molar-refractivity contribution is -0.385. The molecule has 0 radical (unpaired) electrons. The molecule has 37 heavy (non-hydrogen) atoms. The first-order valence-electron chi connectivity index (χ1n) is 11.7. The van der Waals surface area contributed by atoms with E-state index < -0.39 is 4.92 Å². The topological polar surface area (TPSA) is 89.0 Å². The number of benzene rings is 3. The SMILES string of the molecule is Cc1c(-c2ccc(/C=C3/SC(=Nc4ccccc4)N(CCc4ccccc4)C3=O)o2)cccc1[N+](=O)[O-]. The molecule has 0 aliphatic carbocycles. The zero-order valence-corrected chi connectivity index (χ0v) is 20.9. The second-order valence-corrected chi connectivity index (χ2v) is 9.45. The number of aliphatic imine (C=N–C) groups is 1. The van der Waals surface area contributed by atoms with Crippen LogP contribution < -0.4 is 0 Å². The minimum atomic E-state index is -0.407. The van der Waals surface area contributed by atoms with Crippen LogP contribution in [0, 0.1) is 17.0 Å². The molecule has 0 spiro atoms. The third-order valence-corrected chi connectivity index (χ3v) is 7.01. The van der Waals surface area contributed by atoms with Gasteiger partial charge in [-0.2, -0.15) is 0 Å². The highest BCUT2D eigenvalue weighted by atomic mass is 32.2. The van der Waals surface area contributed by atoms with Gasteiger partial charge in [-0.15, -0.1) is 0 Å². The summed E-state index contributed by atoms with van der Waals surface area (Å²) in [6, 6.07) is 28.0. The molecule has 0 unspecified atom stereocenters. The minimum Gasteiger partial charge on any atom is -0.457 e. The monoisotopic (exact) mass is 509 g/mol. The van der Waals surface area contributed by atoms with Gasteiger partial charge in [0.2, 0.25) is 0 Å². The highest BCUT2D eigenvalue weighted by Crippen LogP contribution is 2.36. The Bertz CT molecular complexity index is 1510. The summed E-state index contributed by atoms with van der Waals surface area (Å²) in [6.45, 7) is 2.19. The molecule has 7 nitrogen and oxygen atoms in total. The quantitative estimate of drug-likeness (QED) is 0.152. The standard InChI is InChI=1S/C29H23N3O4S/c1-20-24(13-8-14-25(20)32(34)35)26-16-15-23(36-26)19-27-28(33)31(18-17-21-9-4-2-5-10-21)29(37-27)30-22-11-6-3-7-12-22/h2-16,19H,17-18H2,1H3/b27-19+,30-29?. The van der Waals surface area contributed by atoms with E-state index in [0.29, 0.717) is 45.7 Å². The Morgan fingerprint density at radius 3 is 2.43 bits per heavy atom. The first-order valence-corrected chi connectivity index (χ1v) is 12.5. The highest BCUT2D eigenvalue weighted by molar-refractivity contribution is 8.18. The van der Waals surface area contributed by atoms with Crippen LogP contribution in [-0.2, 0) is 11.2 Å². The molecule has 5 rings (SSSR count). The van der Waals surface area contributed by atoms with Crippen molar-refractivity contribution in [2.75, 3.05) is 6.54 Å². The van der Waals surface area contributed by atoms with Gasteiger partial charge in [0, 0.05) is 29.8 Å². The van der Waals surface area contributed by atoms with E-state index in [2.05, 4.69) is 0 Å². The predicted octanol–water partition coefficient (Wildman–Crippen LogP) is 7.01. The van der Waals surface area contributed by atoms with Gasteiger partial charge in [0.25, 0.3) is 11.6 Å². The third-order valence-electron chi connectivity index (χ3n) is 6.00. The van der Waals surface area contributed by atoms with Crippen molar-refractivity contribution in [3.05, 3.63) is 123 Å². The van der Waals surface area contributed by atoms with Crippen molar-refractivity contribution in [3.63, 3.8) is 0 Å². The molecule has 1 saturated heterocycles. The molecule has 0 saturated carbocycles. The summed E-state index contributed by atoms with van der Waals surface area (Å²) in [5, 5.41) is 11.9. The van der Waals surface area contributed by atoms with Crippen LogP contribution in [0.25, 0.3) is 17.4 Å². The molecule has 3 aromatic carbocycles. The Balaban J connectivity index is 1.43. The number of hydrogen-bond donors (Lipinski definition) is 0. The molecular weight excluding hydrogens is 486 g/mol. The lowest BCUT2D eigenvalue weighted by atomic mass is 10.1. The van der Waals surface area contributed by atoms with Gasteiger partial charge in [-0.25, -0.2) is 4.99 Å². The Morgan fingerprint density at radius 2 is 1.70 bits per heavy atom. The van der Waals surface area contributed by atoms with E-state index in [9.17, 15) is 14.9 Å². The summed E-state index contributed by atoms with van der Waals surface area (Å²) < 4.78 is 5.99. The summed E-state index contributed by atoms with van der Waals surface area (Å²) >= 11 is 1.30. The van der Waals surface area contributed by atoms with E-state index in [-0.39, 0.29) is 11.6 Å². The first-order chi connectivity index (χ1) is 18.0. The third kappa shape index (κ3) is 5.39. The fourth-order valence-electron chi connectivity index (χ4n) is 4.08. The van der Waals surface area contributed by atoms with Gasteiger partial charge in [-0.3, -0.25) is 19.8 Å². The van der Waals surface area contributed by atoms with Crippen molar-refractivity contribution >= 4 is 40.3 Å². The van der Waals surface area contributed by atoms with Crippen LogP contribution in [-0.4, -0.2) is 27.4 Å². The van der Waals surface area contributed by atoms with Crippen LogP contribution in [0.2, 0.25) is 0 Å². The maximum Gasteiger partial charge on any atom is 0.273 e. The summed E-state index contributed by atoms with van der Waals surface area (Å²) in [6.07, 6.45) is 2.40. The van der Waals surface area contributed by atoms with Gasteiger partial charge in [-0.1, -0.05) is 60.7 Å². The van der Waals surface area contributed by atoms with Gasteiger partial charge in [0.1, 0.15) is 11.5 Å². The molecule has 1 aliphatic heterocycles. The smallest absolute Gasteiger partial charge is 0.273 e. The molecule has 2 heterocycles. The maximum absolute atomic E-state index is 13.4. The number of amidine groups is 1. The fourth-order valence-corrected chi connectivity index (χ4v) is 5.08. The van der Waals surface area contributed by atoms with Gasteiger partial charge in [0.05, 0.1) is 15.5 Å². The molecule has 1 aromatic heterocycles. The van der Waals surface area contributed by atoms with E-state index in [1.807, 2.05) is 60.7 Å². The van der Waals surface area contributed by atoms with Gasteiger partial charge in [-0.05, 0) is 54.9 Å². The lowest BCUT2D eigenvalue weighted by Gasteiger charge is -2.15.